The number of carbonyl (C=O) groups is 1. The summed E-state index contributed by atoms with van der Waals surface area (Å²) in [6, 6.07) is 23.1. The molecule has 4 aromatic rings. The number of amides is 1. The van der Waals surface area contributed by atoms with Crippen LogP contribution in [-0.2, 0) is 13.2 Å². The van der Waals surface area contributed by atoms with Gasteiger partial charge in [-0.15, -0.1) is 0 Å². The van der Waals surface area contributed by atoms with Crippen LogP contribution in [0.5, 0.6) is 5.75 Å². The number of hydrogen-bond acceptors (Lipinski definition) is 4. The maximum absolute atomic E-state index is 12.9. The first-order valence-corrected chi connectivity index (χ1v) is 11.0. The number of hydrogen-bond donors (Lipinski definition) is 1. The van der Waals surface area contributed by atoms with E-state index >= 15 is 0 Å². The summed E-state index contributed by atoms with van der Waals surface area (Å²) in [5.41, 5.74) is 5.59. The summed E-state index contributed by atoms with van der Waals surface area (Å²) in [4.78, 5) is 17.2. The Morgan fingerprint density at radius 1 is 1.03 bits per heavy atom. The van der Waals surface area contributed by atoms with Gasteiger partial charge in [-0.25, -0.2) is 0 Å². The van der Waals surface area contributed by atoms with Crippen LogP contribution in [0.25, 0.3) is 0 Å². The highest BCUT2D eigenvalue weighted by atomic mass is 16.5. The highest BCUT2D eigenvalue weighted by Gasteiger charge is 2.13. The van der Waals surface area contributed by atoms with Crippen molar-refractivity contribution in [3.05, 3.63) is 113 Å². The monoisotopic (exact) mass is 440 g/mol. The number of nitrogens with zero attached hydrogens (tertiary/aromatic N) is 3. The molecule has 6 heteroatoms. The molecule has 0 aliphatic carbocycles. The second-order valence-corrected chi connectivity index (χ2v) is 8.16. The number of ether oxygens (including phenoxy) is 1. The normalized spacial score (nSPS) is 11.7. The minimum Gasteiger partial charge on any atom is -0.487 e. The Morgan fingerprint density at radius 2 is 1.88 bits per heavy atom. The van der Waals surface area contributed by atoms with Crippen molar-refractivity contribution in [2.45, 2.75) is 40.0 Å². The molecule has 1 N–H and O–H groups in total. The summed E-state index contributed by atoms with van der Waals surface area (Å²) >= 11 is 0. The molecule has 6 nitrogen and oxygen atoms in total. The molecule has 0 saturated carbocycles. The van der Waals surface area contributed by atoms with Crippen molar-refractivity contribution in [2.75, 3.05) is 0 Å². The summed E-state index contributed by atoms with van der Waals surface area (Å²) < 4.78 is 7.82. The number of nitrogens with one attached hydrogen (secondary N) is 1. The zero-order chi connectivity index (χ0) is 23.2. The number of benzene rings is 2. The fraction of sp³-hybridized carbons (Fsp3) is 0.222. The molecule has 1 amide bonds. The van der Waals surface area contributed by atoms with E-state index in [0.29, 0.717) is 18.7 Å². The molecular formula is C27H28N4O2. The number of aryl methyl sites for hydroxylation is 2. The Balaban J connectivity index is 1.39. The van der Waals surface area contributed by atoms with Gasteiger partial charge in [-0.05, 0) is 74.4 Å². The molecule has 33 heavy (non-hydrogen) atoms. The van der Waals surface area contributed by atoms with Gasteiger partial charge in [0.15, 0.2) is 0 Å². The SMILES string of the molecule is Cc1cc(C)n(Cc2cccc(C(=O)NC(C)c3cccc(OCc4ccccn4)c3)c2)n1. The van der Waals surface area contributed by atoms with Gasteiger partial charge in [-0.3, -0.25) is 14.5 Å². The summed E-state index contributed by atoms with van der Waals surface area (Å²) in [6.07, 6.45) is 1.75. The highest BCUT2D eigenvalue weighted by Crippen LogP contribution is 2.21. The molecule has 0 radical (unpaired) electrons. The molecule has 0 bridgehead atoms. The Hall–Kier alpha value is -3.93. The van der Waals surface area contributed by atoms with Gasteiger partial charge in [0, 0.05) is 17.5 Å². The molecule has 168 valence electrons. The lowest BCUT2D eigenvalue weighted by molar-refractivity contribution is 0.0939. The molecular weight excluding hydrogens is 412 g/mol. The van der Waals surface area contributed by atoms with Gasteiger partial charge in [0.1, 0.15) is 12.4 Å². The van der Waals surface area contributed by atoms with Gasteiger partial charge in [0.25, 0.3) is 5.91 Å². The van der Waals surface area contributed by atoms with E-state index in [0.717, 1.165) is 34.0 Å². The van der Waals surface area contributed by atoms with E-state index < -0.39 is 0 Å². The van der Waals surface area contributed by atoms with Crippen LogP contribution < -0.4 is 10.1 Å². The predicted molar refractivity (Wildman–Crippen MR) is 128 cm³/mol. The average molecular weight is 441 g/mol. The van der Waals surface area contributed by atoms with Gasteiger partial charge in [-0.1, -0.05) is 30.3 Å². The summed E-state index contributed by atoms with van der Waals surface area (Å²) in [5, 5.41) is 7.60. The van der Waals surface area contributed by atoms with Crippen LogP contribution in [0, 0.1) is 13.8 Å². The standard InChI is InChI=1S/C27H28N4O2/c1-19-14-20(2)31(30-19)17-22-8-6-10-24(15-22)27(32)29-21(3)23-9-7-12-26(16-23)33-18-25-11-4-5-13-28-25/h4-16,21H,17-18H2,1-3H3,(H,29,32). The third-order valence-corrected chi connectivity index (χ3v) is 5.44. The average Bonchev–Trinajstić information content (AvgIpc) is 3.15. The van der Waals surface area contributed by atoms with Crippen molar-refractivity contribution in [1.29, 1.82) is 0 Å². The molecule has 2 heterocycles. The molecule has 0 saturated heterocycles. The Kier molecular flexibility index (Phi) is 6.83. The lowest BCUT2D eigenvalue weighted by Crippen LogP contribution is -2.26. The molecule has 1 unspecified atom stereocenters. The molecule has 4 rings (SSSR count). The Morgan fingerprint density at radius 3 is 2.64 bits per heavy atom. The van der Waals surface area contributed by atoms with E-state index in [9.17, 15) is 4.79 Å². The largest absolute Gasteiger partial charge is 0.487 e. The van der Waals surface area contributed by atoms with Crippen LogP contribution in [0.3, 0.4) is 0 Å². The van der Waals surface area contributed by atoms with E-state index in [-0.39, 0.29) is 11.9 Å². The van der Waals surface area contributed by atoms with Crippen molar-refractivity contribution >= 4 is 5.91 Å². The summed E-state index contributed by atoms with van der Waals surface area (Å²) in [5.74, 6) is 0.628. The second kappa shape index (κ2) is 10.1. The van der Waals surface area contributed by atoms with E-state index in [4.69, 9.17) is 4.74 Å². The first-order valence-electron chi connectivity index (χ1n) is 11.0. The molecule has 0 aliphatic heterocycles. The van der Waals surface area contributed by atoms with E-state index in [1.807, 2.05) is 98.2 Å². The molecule has 2 aromatic carbocycles. The van der Waals surface area contributed by atoms with Crippen LogP contribution in [0.1, 0.15) is 51.5 Å². The van der Waals surface area contributed by atoms with E-state index in [2.05, 4.69) is 15.4 Å². The van der Waals surface area contributed by atoms with Gasteiger partial charge < -0.3 is 10.1 Å². The molecule has 0 spiro atoms. The lowest BCUT2D eigenvalue weighted by Gasteiger charge is -2.16. The maximum atomic E-state index is 12.9. The summed E-state index contributed by atoms with van der Waals surface area (Å²) in [7, 11) is 0. The minimum absolute atomic E-state index is 0.113. The fourth-order valence-corrected chi connectivity index (χ4v) is 3.70. The van der Waals surface area contributed by atoms with Crippen LogP contribution in [0.4, 0.5) is 0 Å². The molecule has 0 aliphatic rings. The van der Waals surface area contributed by atoms with Gasteiger partial charge >= 0.3 is 0 Å². The molecule has 0 fully saturated rings. The topological polar surface area (TPSA) is 69.0 Å². The predicted octanol–water partition coefficient (Wildman–Crippen LogP) is 5.01. The van der Waals surface area contributed by atoms with E-state index in [1.165, 1.54) is 0 Å². The van der Waals surface area contributed by atoms with Crippen molar-refractivity contribution in [1.82, 2.24) is 20.1 Å². The third kappa shape index (κ3) is 5.86. The number of carbonyl (C=O) groups excluding carboxylic acids is 1. The van der Waals surface area contributed by atoms with Crippen molar-refractivity contribution in [2.24, 2.45) is 0 Å². The number of aromatic nitrogens is 3. The quantitative estimate of drug-likeness (QED) is 0.418. The lowest BCUT2D eigenvalue weighted by atomic mass is 10.1. The van der Waals surface area contributed by atoms with Crippen molar-refractivity contribution in [3.8, 4) is 5.75 Å². The van der Waals surface area contributed by atoms with Gasteiger partial charge in [0.05, 0.1) is 24.0 Å². The number of pyridine rings is 1. The minimum atomic E-state index is -0.171. The van der Waals surface area contributed by atoms with Crippen LogP contribution >= 0.6 is 0 Å². The van der Waals surface area contributed by atoms with Gasteiger partial charge in [0.2, 0.25) is 0 Å². The van der Waals surface area contributed by atoms with Crippen LogP contribution in [0.2, 0.25) is 0 Å². The van der Waals surface area contributed by atoms with Crippen LogP contribution in [-0.4, -0.2) is 20.7 Å². The smallest absolute Gasteiger partial charge is 0.251 e. The maximum Gasteiger partial charge on any atom is 0.251 e. The van der Waals surface area contributed by atoms with Crippen molar-refractivity contribution < 1.29 is 9.53 Å². The molecule has 2 aromatic heterocycles. The van der Waals surface area contributed by atoms with Crippen LogP contribution in [0.15, 0.2) is 79.0 Å². The first-order chi connectivity index (χ1) is 16.0. The van der Waals surface area contributed by atoms with Crippen molar-refractivity contribution in [3.63, 3.8) is 0 Å². The van der Waals surface area contributed by atoms with E-state index in [1.54, 1.807) is 6.20 Å². The summed E-state index contributed by atoms with van der Waals surface area (Å²) in [6.45, 7) is 7.01. The fourth-order valence-electron chi connectivity index (χ4n) is 3.70. The zero-order valence-electron chi connectivity index (χ0n) is 19.2. The Bertz CT molecular complexity index is 1230. The van der Waals surface area contributed by atoms with Gasteiger partial charge in [-0.2, -0.15) is 5.10 Å². The Labute approximate surface area is 194 Å². The zero-order valence-corrected chi connectivity index (χ0v) is 19.2. The first kappa shape index (κ1) is 22.3. The molecule has 1 atom stereocenters. The third-order valence-electron chi connectivity index (χ3n) is 5.44. The second-order valence-electron chi connectivity index (χ2n) is 8.16. The highest BCUT2D eigenvalue weighted by molar-refractivity contribution is 5.94. The number of rotatable bonds is 8.